The van der Waals surface area contributed by atoms with E-state index >= 15 is 0 Å². The smallest absolute Gasteiger partial charge is 0.251 e. The van der Waals surface area contributed by atoms with Crippen molar-refractivity contribution in [3.63, 3.8) is 0 Å². The second-order valence-electron chi connectivity index (χ2n) is 5.11. The van der Waals surface area contributed by atoms with Crippen LogP contribution in [0.3, 0.4) is 0 Å². The van der Waals surface area contributed by atoms with Crippen LogP contribution in [0, 0.1) is 12.8 Å². The van der Waals surface area contributed by atoms with Gasteiger partial charge in [-0.2, -0.15) is 4.99 Å². The molecule has 0 saturated carbocycles. The minimum atomic E-state index is -0.154. The first-order valence-electron chi connectivity index (χ1n) is 6.62. The number of hydrogen-bond donors (Lipinski definition) is 4. The summed E-state index contributed by atoms with van der Waals surface area (Å²) in [5.74, 6) is 0.103. The Hall–Kier alpha value is -2.57. The maximum Gasteiger partial charge on any atom is 0.251 e. The van der Waals surface area contributed by atoms with Crippen LogP contribution in [0.4, 0.5) is 5.69 Å². The summed E-state index contributed by atoms with van der Waals surface area (Å²) in [5, 5.41) is 2.86. The lowest BCUT2D eigenvalue weighted by Gasteiger charge is -2.09. The SMILES string of the molecule is Cc1cc(C(=O)NCC(C)C)ccc1N=C(N)N=C(N)N. The number of amides is 1. The van der Waals surface area contributed by atoms with Crippen LogP contribution in [0.5, 0.6) is 0 Å². The quantitative estimate of drug-likeness (QED) is 0.477. The summed E-state index contributed by atoms with van der Waals surface area (Å²) in [6, 6.07) is 5.14. The van der Waals surface area contributed by atoms with Gasteiger partial charge in [0.15, 0.2) is 5.96 Å². The minimum absolute atomic E-state index is 0.0323. The lowest BCUT2D eigenvalue weighted by Crippen LogP contribution is -2.27. The van der Waals surface area contributed by atoms with Crippen LogP contribution in [0.25, 0.3) is 0 Å². The normalized spacial score (nSPS) is 11.3. The van der Waals surface area contributed by atoms with Gasteiger partial charge in [0.2, 0.25) is 5.96 Å². The highest BCUT2D eigenvalue weighted by molar-refractivity contribution is 5.96. The number of hydrogen-bond acceptors (Lipinski definition) is 2. The van der Waals surface area contributed by atoms with Gasteiger partial charge in [-0.05, 0) is 36.6 Å². The molecular formula is C14H22N6O. The van der Waals surface area contributed by atoms with Crippen molar-refractivity contribution < 1.29 is 4.79 Å². The number of aliphatic imine (C=N–C) groups is 2. The fourth-order valence-electron chi connectivity index (χ4n) is 1.60. The van der Waals surface area contributed by atoms with E-state index in [1.165, 1.54) is 0 Å². The largest absolute Gasteiger partial charge is 0.370 e. The maximum absolute atomic E-state index is 12.0. The molecule has 1 aromatic rings. The van der Waals surface area contributed by atoms with Crippen molar-refractivity contribution in [2.45, 2.75) is 20.8 Å². The summed E-state index contributed by atoms with van der Waals surface area (Å²) in [4.78, 5) is 19.7. The number of carbonyl (C=O) groups excluding carboxylic acids is 1. The number of nitrogens with one attached hydrogen (secondary N) is 1. The van der Waals surface area contributed by atoms with Gasteiger partial charge in [-0.15, -0.1) is 0 Å². The van der Waals surface area contributed by atoms with E-state index in [4.69, 9.17) is 17.2 Å². The number of carbonyl (C=O) groups is 1. The molecule has 0 atom stereocenters. The van der Waals surface area contributed by atoms with Crippen molar-refractivity contribution in [2.24, 2.45) is 33.1 Å². The van der Waals surface area contributed by atoms with E-state index in [0.717, 1.165) is 5.56 Å². The van der Waals surface area contributed by atoms with Crippen molar-refractivity contribution in [1.29, 1.82) is 0 Å². The zero-order valence-corrected chi connectivity index (χ0v) is 12.6. The lowest BCUT2D eigenvalue weighted by molar-refractivity contribution is 0.0949. The van der Waals surface area contributed by atoms with Crippen LogP contribution in [0.1, 0.15) is 29.8 Å². The Bertz CT molecular complexity index is 573. The van der Waals surface area contributed by atoms with E-state index in [0.29, 0.717) is 23.7 Å². The summed E-state index contributed by atoms with van der Waals surface area (Å²) in [6.45, 7) is 6.54. The third-order valence-corrected chi connectivity index (χ3v) is 2.61. The van der Waals surface area contributed by atoms with Crippen molar-refractivity contribution in [1.82, 2.24) is 5.32 Å². The molecular weight excluding hydrogens is 268 g/mol. The molecule has 0 spiro atoms. The molecule has 0 aliphatic carbocycles. The predicted octanol–water partition coefficient (Wildman–Crippen LogP) is 0.600. The highest BCUT2D eigenvalue weighted by atomic mass is 16.1. The Morgan fingerprint density at radius 1 is 1.29 bits per heavy atom. The van der Waals surface area contributed by atoms with Gasteiger partial charge in [0, 0.05) is 12.1 Å². The Morgan fingerprint density at radius 2 is 1.95 bits per heavy atom. The van der Waals surface area contributed by atoms with Crippen LogP contribution in [-0.2, 0) is 0 Å². The molecule has 7 nitrogen and oxygen atoms in total. The van der Waals surface area contributed by atoms with Gasteiger partial charge in [-0.25, -0.2) is 4.99 Å². The average molecular weight is 290 g/mol. The van der Waals surface area contributed by atoms with Crippen molar-refractivity contribution in [3.8, 4) is 0 Å². The number of guanidine groups is 2. The minimum Gasteiger partial charge on any atom is -0.370 e. The summed E-state index contributed by atoms with van der Waals surface area (Å²) in [7, 11) is 0. The molecule has 21 heavy (non-hydrogen) atoms. The summed E-state index contributed by atoms with van der Waals surface area (Å²) < 4.78 is 0. The fourth-order valence-corrected chi connectivity index (χ4v) is 1.60. The summed E-state index contributed by atoms with van der Waals surface area (Å²) in [6.07, 6.45) is 0. The predicted molar refractivity (Wildman–Crippen MR) is 85.4 cm³/mol. The molecule has 0 unspecified atom stereocenters. The van der Waals surface area contributed by atoms with Crippen LogP contribution >= 0.6 is 0 Å². The molecule has 1 rings (SSSR count). The molecule has 0 aliphatic heterocycles. The molecule has 0 bridgehead atoms. The number of benzene rings is 1. The van der Waals surface area contributed by atoms with Gasteiger partial charge >= 0.3 is 0 Å². The summed E-state index contributed by atoms with van der Waals surface area (Å²) in [5.41, 5.74) is 18.0. The van der Waals surface area contributed by atoms with E-state index in [9.17, 15) is 4.79 Å². The van der Waals surface area contributed by atoms with Crippen molar-refractivity contribution in [3.05, 3.63) is 29.3 Å². The van der Waals surface area contributed by atoms with Gasteiger partial charge in [-0.3, -0.25) is 4.79 Å². The topological polar surface area (TPSA) is 132 Å². The van der Waals surface area contributed by atoms with Gasteiger partial charge in [0.25, 0.3) is 5.91 Å². The molecule has 7 heteroatoms. The van der Waals surface area contributed by atoms with E-state index in [2.05, 4.69) is 15.3 Å². The highest BCUT2D eigenvalue weighted by Gasteiger charge is 2.08. The van der Waals surface area contributed by atoms with E-state index < -0.39 is 0 Å². The van der Waals surface area contributed by atoms with Crippen molar-refractivity contribution in [2.75, 3.05) is 6.54 Å². The first-order chi connectivity index (χ1) is 9.79. The van der Waals surface area contributed by atoms with Crippen LogP contribution in [0.15, 0.2) is 28.2 Å². The second kappa shape index (κ2) is 7.28. The average Bonchev–Trinajstić information content (AvgIpc) is 2.37. The van der Waals surface area contributed by atoms with Gasteiger partial charge in [0.05, 0.1) is 5.69 Å². The zero-order valence-electron chi connectivity index (χ0n) is 12.6. The Morgan fingerprint density at radius 3 is 2.48 bits per heavy atom. The standard InChI is InChI=1S/C14H22N6O/c1-8(2)7-18-12(21)10-4-5-11(9(3)6-10)19-14(17)20-13(15)16/h4-6,8H,7H2,1-3H3,(H,18,21)(H6,15,16,17,19,20). The van der Waals surface area contributed by atoms with E-state index in [-0.39, 0.29) is 17.8 Å². The molecule has 7 N–H and O–H groups in total. The van der Waals surface area contributed by atoms with Crippen LogP contribution < -0.4 is 22.5 Å². The zero-order chi connectivity index (χ0) is 16.0. The van der Waals surface area contributed by atoms with Crippen LogP contribution in [0.2, 0.25) is 0 Å². The first kappa shape index (κ1) is 16.5. The molecule has 0 radical (unpaired) electrons. The Labute approximate surface area is 124 Å². The second-order valence-corrected chi connectivity index (χ2v) is 5.11. The number of nitrogens with two attached hydrogens (primary N) is 3. The number of rotatable bonds is 4. The van der Waals surface area contributed by atoms with Crippen molar-refractivity contribution >= 4 is 23.5 Å². The molecule has 1 aromatic carbocycles. The Kier molecular flexibility index (Phi) is 5.71. The van der Waals surface area contributed by atoms with Gasteiger partial charge in [-0.1, -0.05) is 13.8 Å². The van der Waals surface area contributed by atoms with E-state index in [1.807, 2.05) is 20.8 Å². The highest BCUT2D eigenvalue weighted by Crippen LogP contribution is 2.19. The molecule has 0 aromatic heterocycles. The Balaban J connectivity index is 2.90. The molecule has 0 fully saturated rings. The van der Waals surface area contributed by atoms with E-state index in [1.54, 1.807) is 18.2 Å². The maximum atomic E-state index is 12.0. The molecule has 1 amide bonds. The van der Waals surface area contributed by atoms with Gasteiger partial charge < -0.3 is 22.5 Å². The molecule has 0 heterocycles. The fraction of sp³-hybridized carbons (Fsp3) is 0.357. The molecule has 114 valence electrons. The molecule has 0 saturated heterocycles. The van der Waals surface area contributed by atoms with Gasteiger partial charge in [0.1, 0.15) is 0 Å². The third-order valence-electron chi connectivity index (χ3n) is 2.61. The monoisotopic (exact) mass is 290 g/mol. The third kappa shape index (κ3) is 5.52. The lowest BCUT2D eigenvalue weighted by atomic mass is 10.1. The molecule has 0 aliphatic rings. The number of nitrogens with zero attached hydrogens (tertiary/aromatic N) is 2. The summed E-state index contributed by atoms with van der Waals surface area (Å²) >= 11 is 0. The number of aryl methyl sites for hydroxylation is 1. The first-order valence-corrected chi connectivity index (χ1v) is 6.62. The van der Waals surface area contributed by atoms with Crippen LogP contribution in [-0.4, -0.2) is 24.4 Å².